The van der Waals surface area contributed by atoms with E-state index in [2.05, 4.69) is 26.4 Å². The molecule has 2 rings (SSSR count). The van der Waals surface area contributed by atoms with Gasteiger partial charge in [0.15, 0.2) is 5.82 Å². The van der Waals surface area contributed by atoms with Crippen molar-refractivity contribution in [3.63, 3.8) is 0 Å². The molecule has 1 aromatic heterocycles. The Bertz CT molecular complexity index is 815. The first-order chi connectivity index (χ1) is 12.8. The zero-order chi connectivity index (χ0) is 20.0. The number of carbonyl (C=O) groups is 2. The number of nitrogens with zero attached hydrogens (tertiary/aromatic N) is 2. The Balaban J connectivity index is 1.88. The Labute approximate surface area is 170 Å². The average Bonchev–Trinajstić information content (AvgIpc) is 3.04. The summed E-state index contributed by atoms with van der Waals surface area (Å²) in [7, 11) is 0. The van der Waals surface area contributed by atoms with E-state index in [9.17, 15) is 14.0 Å². The fourth-order valence-electron chi connectivity index (χ4n) is 2.26. The van der Waals surface area contributed by atoms with E-state index < -0.39 is 5.25 Å². The highest BCUT2D eigenvalue weighted by Gasteiger charge is 2.20. The van der Waals surface area contributed by atoms with Gasteiger partial charge in [-0.05, 0) is 39.0 Å². The zero-order valence-corrected chi connectivity index (χ0v) is 17.7. The van der Waals surface area contributed by atoms with Crippen LogP contribution in [0.3, 0.4) is 0 Å². The van der Waals surface area contributed by atoms with Crippen LogP contribution >= 0.6 is 27.7 Å². The van der Waals surface area contributed by atoms with Crippen LogP contribution in [-0.4, -0.2) is 39.4 Å². The predicted octanol–water partition coefficient (Wildman–Crippen LogP) is 3.99. The molecule has 6 nitrogen and oxygen atoms in total. The van der Waals surface area contributed by atoms with Gasteiger partial charge in [0, 0.05) is 29.2 Å². The molecular weight excluding hydrogens is 437 g/mol. The minimum Gasteiger partial charge on any atom is -0.360 e. The van der Waals surface area contributed by atoms with Crippen LogP contribution in [0.25, 0.3) is 0 Å². The number of anilines is 1. The molecule has 9 heteroatoms. The fourth-order valence-corrected chi connectivity index (χ4v) is 3.46. The highest BCUT2D eigenvalue weighted by Crippen LogP contribution is 2.19. The molecule has 0 fully saturated rings. The van der Waals surface area contributed by atoms with E-state index in [0.717, 1.165) is 4.47 Å². The molecule has 146 valence electrons. The van der Waals surface area contributed by atoms with Gasteiger partial charge in [-0.1, -0.05) is 21.1 Å². The van der Waals surface area contributed by atoms with Crippen LogP contribution in [0.1, 0.15) is 25.2 Å². The molecule has 0 aliphatic heterocycles. The van der Waals surface area contributed by atoms with Crippen molar-refractivity contribution in [2.24, 2.45) is 0 Å². The summed E-state index contributed by atoms with van der Waals surface area (Å²) in [5, 5.41) is 5.89. The smallest absolute Gasteiger partial charge is 0.238 e. The summed E-state index contributed by atoms with van der Waals surface area (Å²) in [6, 6.07) is 6.26. The molecule has 1 heterocycles. The molecular formula is C18H21BrFN3O3S. The van der Waals surface area contributed by atoms with Gasteiger partial charge in [-0.3, -0.25) is 9.59 Å². The van der Waals surface area contributed by atoms with Gasteiger partial charge in [0.1, 0.15) is 11.6 Å². The normalized spacial score (nSPS) is 11.9. The molecule has 0 aliphatic carbocycles. The van der Waals surface area contributed by atoms with Crippen molar-refractivity contribution in [1.82, 2.24) is 10.1 Å². The number of rotatable bonds is 8. The van der Waals surface area contributed by atoms with Gasteiger partial charge in [-0.2, -0.15) is 0 Å². The number of halogens is 2. The van der Waals surface area contributed by atoms with E-state index in [1.807, 2.05) is 6.92 Å². The Morgan fingerprint density at radius 3 is 2.78 bits per heavy atom. The number of thioether (sulfide) groups is 1. The van der Waals surface area contributed by atoms with Gasteiger partial charge >= 0.3 is 0 Å². The van der Waals surface area contributed by atoms with Crippen molar-refractivity contribution in [2.75, 3.05) is 17.6 Å². The van der Waals surface area contributed by atoms with Crippen molar-refractivity contribution in [3.8, 4) is 0 Å². The topological polar surface area (TPSA) is 75.4 Å². The van der Waals surface area contributed by atoms with Crippen LogP contribution in [0, 0.1) is 12.7 Å². The maximum Gasteiger partial charge on any atom is 0.238 e. The van der Waals surface area contributed by atoms with Crippen molar-refractivity contribution in [3.05, 3.63) is 45.9 Å². The Hall–Kier alpha value is -1.87. The van der Waals surface area contributed by atoms with Crippen LogP contribution in [0.4, 0.5) is 10.2 Å². The number of hydrogen-bond donors (Lipinski definition) is 1. The molecule has 0 bridgehead atoms. The molecule has 27 heavy (non-hydrogen) atoms. The standard InChI is InChI=1S/C18H21BrFN3O3S/c1-4-23(9-13-8-14(19)5-6-15(13)20)17(24)10-27-12(3)18(25)21-16-7-11(2)26-22-16/h5-8,12H,4,9-10H2,1-3H3,(H,21,22,25). The van der Waals surface area contributed by atoms with Crippen molar-refractivity contribution >= 4 is 45.3 Å². The second-order valence-corrected chi connectivity index (χ2v) is 8.15. The third-order valence-corrected chi connectivity index (χ3v) is 5.43. The Morgan fingerprint density at radius 2 is 2.15 bits per heavy atom. The molecule has 0 radical (unpaired) electrons. The van der Waals surface area contributed by atoms with E-state index in [1.165, 1.54) is 17.8 Å². The molecule has 0 aliphatic rings. The molecule has 1 atom stereocenters. The zero-order valence-electron chi connectivity index (χ0n) is 15.3. The summed E-state index contributed by atoms with van der Waals surface area (Å²) in [5.41, 5.74) is 0.441. The minimum absolute atomic E-state index is 0.121. The van der Waals surface area contributed by atoms with E-state index >= 15 is 0 Å². The van der Waals surface area contributed by atoms with E-state index in [1.54, 1.807) is 36.9 Å². The number of amides is 2. The van der Waals surface area contributed by atoms with Gasteiger partial charge in [0.05, 0.1) is 11.0 Å². The third-order valence-electron chi connectivity index (χ3n) is 3.81. The molecule has 1 unspecified atom stereocenters. The quantitative estimate of drug-likeness (QED) is 0.648. The highest BCUT2D eigenvalue weighted by atomic mass is 79.9. The Kier molecular flexibility index (Phi) is 7.85. The lowest BCUT2D eigenvalue weighted by molar-refractivity contribution is -0.128. The number of hydrogen-bond acceptors (Lipinski definition) is 5. The first kappa shape index (κ1) is 21.4. The van der Waals surface area contributed by atoms with Crippen LogP contribution < -0.4 is 5.32 Å². The SMILES string of the molecule is CCN(Cc1cc(Br)ccc1F)C(=O)CSC(C)C(=O)Nc1cc(C)on1. The predicted molar refractivity (Wildman–Crippen MR) is 107 cm³/mol. The van der Waals surface area contributed by atoms with Crippen LogP contribution in [0.15, 0.2) is 33.3 Å². The molecule has 1 aromatic carbocycles. The van der Waals surface area contributed by atoms with Crippen molar-refractivity contribution < 1.29 is 18.5 Å². The molecule has 0 saturated carbocycles. The van der Waals surface area contributed by atoms with Gasteiger partial charge < -0.3 is 14.7 Å². The van der Waals surface area contributed by atoms with Crippen LogP contribution in [0.2, 0.25) is 0 Å². The lowest BCUT2D eigenvalue weighted by atomic mass is 10.2. The average molecular weight is 458 g/mol. The first-order valence-corrected chi connectivity index (χ1v) is 10.2. The number of carbonyl (C=O) groups excluding carboxylic acids is 2. The second kappa shape index (κ2) is 9.89. The fraction of sp³-hybridized carbons (Fsp3) is 0.389. The number of aryl methyl sites for hydroxylation is 1. The maximum absolute atomic E-state index is 13.9. The largest absolute Gasteiger partial charge is 0.360 e. The Morgan fingerprint density at radius 1 is 1.41 bits per heavy atom. The lowest BCUT2D eigenvalue weighted by Gasteiger charge is -2.22. The maximum atomic E-state index is 13.9. The van der Waals surface area contributed by atoms with Crippen molar-refractivity contribution in [1.29, 1.82) is 0 Å². The minimum atomic E-state index is -0.452. The summed E-state index contributed by atoms with van der Waals surface area (Å²) in [6.07, 6.45) is 0. The van der Waals surface area contributed by atoms with Crippen LogP contribution in [0.5, 0.6) is 0 Å². The third kappa shape index (κ3) is 6.35. The second-order valence-electron chi connectivity index (χ2n) is 5.91. The van der Waals surface area contributed by atoms with Crippen LogP contribution in [-0.2, 0) is 16.1 Å². The molecule has 0 saturated heterocycles. The summed E-state index contributed by atoms with van der Waals surface area (Å²) in [4.78, 5) is 26.2. The van der Waals surface area contributed by atoms with Gasteiger partial charge in [-0.25, -0.2) is 4.39 Å². The van der Waals surface area contributed by atoms with Gasteiger partial charge in [0.25, 0.3) is 0 Å². The molecule has 2 amide bonds. The molecule has 1 N–H and O–H groups in total. The molecule has 0 spiro atoms. The van der Waals surface area contributed by atoms with E-state index in [0.29, 0.717) is 23.7 Å². The monoisotopic (exact) mass is 457 g/mol. The molecule has 2 aromatic rings. The summed E-state index contributed by atoms with van der Waals surface area (Å²) in [5.74, 6) is 0.292. The summed E-state index contributed by atoms with van der Waals surface area (Å²) < 4.78 is 19.6. The number of nitrogens with one attached hydrogen (secondary N) is 1. The summed E-state index contributed by atoms with van der Waals surface area (Å²) in [6.45, 7) is 5.91. The number of aromatic nitrogens is 1. The highest BCUT2D eigenvalue weighted by molar-refractivity contribution is 9.10. The number of benzene rings is 1. The van der Waals surface area contributed by atoms with E-state index in [-0.39, 0.29) is 29.9 Å². The first-order valence-electron chi connectivity index (χ1n) is 8.37. The van der Waals surface area contributed by atoms with Crippen molar-refractivity contribution in [2.45, 2.75) is 32.6 Å². The van der Waals surface area contributed by atoms with E-state index in [4.69, 9.17) is 4.52 Å². The van der Waals surface area contributed by atoms with Gasteiger partial charge in [0.2, 0.25) is 11.8 Å². The summed E-state index contributed by atoms with van der Waals surface area (Å²) >= 11 is 4.52. The lowest BCUT2D eigenvalue weighted by Crippen LogP contribution is -2.33. The van der Waals surface area contributed by atoms with Gasteiger partial charge in [-0.15, -0.1) is 11.8 Å².